The third-order valence-electron chi connectivity index (χ3n) is 4.98. The van der Waals surface area contributed by atoms with E-state index in [1.807, 2.05) is 62.5 Å². The van der Waals surface area contributed by atoms with Crippen LogP contribution in [0.5, 0.6) is 11.5 Å². The molecule has 0 aliphatic rings. The molecule has 9 heteroatoms. The highest BCUT2D eigenvalue weighted by molar-refractivity contribution is 7.09. The predicted molar refractivity (Wildman–Crippen MR) is 133 cm³/mol. The Morgan fingerprint density at radius 1 is 1.03 bits per heavy atom. The van der Waals surface area contributed by atoms with E-state index in [2.05, 4.69) is 20.3 Å². The summed E-state index contributed by atoms with van der Waals surface area (Å²) in [4.78, 5) is 25.7. The summed E-state index contributed by atoms with van der Waals surface area (Å²) in [5, 5.41) is 7.18. The van der Waals surface area contributed by atoms with Crippen molar-refractivity contribution in [3.63, 3.8) is 0 Å². The molecule has 8 nitrogen and oxygen atoms in total. The smallest absolute Gasteiger partial charge is 0.313 e. The summed E-state index contributed by atoms with van der Waals surface area (Å²) in [7, 11) is 1.34. The van der Waals surface area contributed by atoms with Crippen molar-refractivity contribution >= 4 is 39.7 Å². The van der Waals surface area contributed by atoms with Crippen LogP contribution in [0.4, 0.5) is 11.5 Å². The molecule has 4 rings (SSSR count). The zero-order valence-corrected chi connectivity index (χ0v) is 20.4. The highest BCUT2D eigenvalue weighted by Gasteiger charge is 2.16. The minimum atomic E-state index is -0.415. The number of hydrogen-bond acceptors (Lipinski definition) is 9. The van der Waals surface area contributed by atoms with Crippen LogP contribution >= 0.6 is 11.3 Å². The monoisotopic (exact) mass is 478 g/mol. The van der Waals surface area contributed by atoms with Crippen molar-refractivity contribution in [2.24, 2.45) is 0 Å². The quantitative estimate of drug-likeness (QED) is 0.323. The zero-order valence-electron chi connectivity index (χ0n) is 19.5. The minimum absolute atomic E-state index is 0.0452. The van der Waals surface area contributed by atoms with Crippen LogP contribution in [0.25, 0.3) is 22.2 Å². The van der Waals surface area contributed by atoms with Gasteiger partial charge in [0.15, 0.2) is 11.5 Å². The molecule has 1 N–H and O–H groups in total. The van der Waals surface area contributed by atoms with Crippen molar-refractivity contribution in [1.29, 1.82) is 0 Å². The van der Waals surface area contributed by atoms with Crippen molar-refractivity contribution in [3.05, 3.63) is 52.6 Å². The number of methoxy groups -OCH3 is 1. The van der Waals surface area contributed by atoms with E-state index < -0.39 is 5.97 Å². The number of benzene rings is 2. The number of carbonyl (C=O) groups is 1. The third-order valence-corrected chi connectivity index (χ3v) is 5.75. The Balaban J connectivity index is 1.80. The summed E-state index contributed by atoms with van der Waals surface area (Å²) < 4.78 is 16.4. The van der Waals surface area contributed by atoms with Crippen LogP contribution < -0.4 is 14.8 Å². The molecule has 0 fully saturated rings. The lowest BCUT2D eigenvalue weighted by atomic mass is 10.1. The third kappa shape index (κ3) is 5.26. The Hall–Kier alpha value is -3.72. The van der Waals surface area contributed by atoms with Crippen LogP contribution in [0.2, 0.25) is 0 Å². The summed E-state index contributed by atoms with van der Waals surface area (Å²) in [5.41, 5.74) is 3.38. The molecule has 0 unspecified atom stereocenters. The van der Waals surface area contributed by atoms with Crippen molar-refractivity contribution in [2.75, 3.05) is 25.6 Å². The molecule has 0 saturated heterocycles. The van der Waals surface area contributed by atoms with Crippen LogP contribution in [0.3, 0.4) is 0 Å². The van der Waals surface area contributed by atoms with E-state index in [0.29, 0.717) is 41.9 Å². The number of rotatable bonds is 9. The molecule has 2 aromatic carbocycles. The number of anilines is 2. The van der Waals surface area contributed by atoms with Gasteiger partial charge in [-0.1, -0.05) is 12.1 Å². The average Bonchev–Trinajstić information content (AvgIpc) is 3.26. The lowest BCUT2D eigenvalue weighted by Gasteiger charge is -2.15. The minimum Gasteiger partial charge on any atom is -0.490 e. The first kappa shape index (κ1) is 23.4. The number of ether oxygens (including phenoxy) is 3. The number of hydrogen-bond donors (Lipinski definition) is 1. The first-order valence-corrected chi connectivity index (χ1v) is 11.8. The lowest BCUT2D eigenvalue weighted by molar-refractivity contribution is -0.139. The molecular weight excluding hydrogens is 452 g/mol. The number of aromatic nitrogens is 3. The van der Waals surface area contributed by atoms with E-state index in [4.69, 9.17) is 14.2 Å². The highest BCUT2D eigenvalue weighted by Crippen LogP contribution is 2.36. The summed E-state index contributed by atoms with van der Waals surface area (Å²) in [6.07, 6.45) is -0.0452. The molecule has 0 atom stereocenters. The molecule has 0 aliphatic carbocycles. The Labute approximate surface area is 201 Å². The fourth-order valence-corrected chi connectivity index (χ4v) is 4.11. The van der Waals surface area contributed by atoms with E-state index in [1.165, 1.54) is 7.11 Å². The number of aryl methyl sites for hydroxylation is 1. The summed E-state index contributed by atoms with van der Waals surface area (Å²) >= 11 is 1.61. The molecule has 2 heterocycles. The van der Waals surface area contributed by atoms with Gasteiger partial charge in [-0.2, -0.15) is 0 Å². The van der Waals surface area contributed by atoms with Crippen LogP contribution in [0.15, 0.2) is 41.8 Å². The van der Waals surface area contributed by atoms with Gasteiger partial charge in [-0.05, 0) is 39.0 Å². The number of fused-ring (bicyclic) bond motifs is 1. The predicted octanol–water partition coefficient (Wildman–Crippen LogP) is 5.32. The number of thiazole rings is 1. The first-order valence-electron chi connectivity index (χ1n) is 11.0. The Kier molecular flexibility index (Phi) is 7.22. The van der Waals surface area contributed by atoms with Gasteiger partial charge < -0.3 is 19.5 Å². The van der Waals surface area contributed by atoms with Crippen molar-refractivity contribution in [3.8, 4) is 22.8 Å². The molecule has 2 aromatic heterocycles. The fraction of sp³-hybridized carbons (Fsp3) is 0.280. The number of nitrogens with one attached hydrogen (secondary N) is 1. The summed E-state index contributed by atoms with van der Waals surface area (Å²) in [5.74, 6) is 1.68. The fourth-order valence-electron chi connectivity index (χ4n) is 3.49. The highest BCUT2D eigenvalue weighted by atomic mass is 32.1. The average molecular weight is 479 g/mol. The van der Waals surface area contributed by atoms with Gasteiger partial charge in [-0.25, -0.2) is 15.0 Å². The Morgan fingerprint density at radius 2 is 1.79 bits per heavy atom. The van der Waals surface area contributed by atoms with E-state index in [-0.39, 0.29) is 6.42 Å². The molecule has 4 aromatic rings. The maximum absolute atomic E-state index is 11.9. The number of carbonyl (C=O) groups excluding carboxylic acids is 1. The summed E-state index contributed by atoms with van der Waals surface area (Å²) in [6, 6.07) is 11.6. The Bertz CT molecular complexity index is 1320. The van der Waals surface area contributed by atoms with Gasteiger partial charge >= 0.3 is 5.97 Å². The van der Waals surface area contributed by atoms with Gasteiger partial charge in [0.2, 0.25) is 0 Å². The largest absolute Gasteiger partial charge is 0.490 e. The van der Waals surface area contributed by atoms with Crippen LogP contribution in [0.1, 0.15) is 24.7 Å². The number of esters is 1. The second-order valence-corrected chi connectivity index (χ2v) is 8.44. The molecule has 0 aliphatic heterocycles. The molecular formula is C25H26N4O4S. The van der Waals surface area contributed by atoms with Crippen LogP contribution in [-0.4, -0.2) is 41.2 Å². The summed E-state index contributed by atoms with van der Waals surface area (Å²) in [6.45, 7) is 6.79. The maximum Gasteiger partial charge on any atom is 0.313 e. The Morgan fingerprint density at radius 3 is 2.47 bits per heavy atom. The normalized spacial score (nSPS) is 10.8. The van der Waals surface area contributed by atoms with Gasteiger partial charge in [-0.15, -0.1) is 11.3 Å². The van der Waals surface area contributed by atoms with Gasteiger partial charge in [-0.3, -0.25) is 4.79 Å². The number of nitrogens with zero attached hydrogens (tertiary/aromatic N) is 3. The SMILES string of the molecule is CCOc1cc2nc(CC(=O)OC)nc(Nc3cccc(-c4csc(C)n4)c3)c2cc1OCC. The van der Waals surface area contributed by atoms with E-state index in [1.54, 1.807) is 11.3 Å². The molecule has 0 radical (unpaired) electrons. The van der Waals surface area contributed by atoms with Gasteiger partial charge in [0, 0.05) is 28.1 Å². The standard InChI is InChI=1S/C25H26N4O4S/c1-5-32-21-11-18-19(12-22(21)33-6-2)28-23(13-24(30)31-4)29-25(18)27-17-9-7-8-16(10-17)20-14-34-15(3)26-20/h7-12,14H,5-6,13H2,1-4H3,(H,27,28,29). The first-order chi connectivity index (χ1) is 16.5. The van der Waals surface area contributed by atoms with Crippen molar-refractivity contribution in [2.45, 2.75) is 27.2 Å². The van der Waals surface area contributed by atoms with Gasteiger partial charge in [0.05, 0.1) is 36.5 Å². The van der Waals surface area contributed by atoms with Crippen LogP contribution in [-0.2, 0) is 16.0 Å². The topological polar surface area (TPSA) is 95.5 Å². The van der Waals surface area contributed by atoms with E-state index >= 15 is 0 Å². The molecule has 0 bridgehead atoms. The lowest BCUT2D eigenvalue weighted by Crippen LogP contribution is -2.10. The van der Waals surface area contributed by atoms with Crippen LogP contribution in [0, 0.1) is 6.92 Å². The van der Waals surface area contributed by atoms with Crippen molar-refractivity contribution < 1.29 is 19.0 Å². The molecule has 0 saturated carbocycles. The van der Waals surface area contributed by atoms with E-state index in [9.17, 15) is 4.79 Å². The second kappa shape index (κ2) is 10.5. The molecule has 0 amide bonds. The molecule has 0 spiro atoms. The van der Waals surface area contributed by atoms with Crippen molar-refractivity contribution in [1.82, 2.24) is 15.0 Å². The molecule has 34 heavy (non-hydrogen) atoms. The second-order valence-electron chi connectivity index (χ2n) is 7.38. The molecule has 176 valence electrons. The van der Waals surface area contributed by atoms with Gasteiger partial charge in [0.1, 0.15) is 18.1 Å². The van der Waals surface area contributed by atoms with Gasteiger partial charge in [0.25, 0.3) is 0 Å². The zero-order chi connectivity index (χ0) is 24.1. The van der Waals surface area contributed by atoms with E-state index in [0.717, 1.165) is 27.3 Å². The maximum atomic E-state index is 11.9.